The first-order valence-electron chi connectivity index (χ1n) is 6.05. The highest BCUT2D eigenvalue weighted by Crippen LogP contribution is 2.16. The second kappa shape index (κ2) is 5.65. The fourth-order valence-electron chi connectivity index (χ4n) is 2.21. The number of aryl methyl sites for hydroxylation is 1. The van der Waals surface area contributed by atoms with E-state index in [2.05, 4.69) is 21.3 Å². The summed E-state index contributed by atoms with van der Waals surface area (Å²) in [6.07, 6.45) is 1.17. The van der Waals surface area contributed by atoms with Crippen LogP contribution in [0.25, 0.3) is 0 Å². The molecule has 1 aromatic heterocycles. The summed E-state index contributed by atoms with van der Waals surface area (Å²) in [4.78, 5) is 6.62. The zero-order valence-electron chi connectivity index (χ0n) is 10.2. The minimum absolute atomic E-state index is 0.555. The number of anilines is 1. The molecule has 90 valence electrons. The van der Waals surface area contributed by atoms with E-state index < -0.39 is 0 Å². The summed E-state index contributed by atoms with van der Waals surface area (Å²) in [5.74, 6) is 1.58. The second-order valence-corrected chi connectivity index (χ2v) is 4.59. The zero-order valence-corrected chi connectivity index (χ0v) is 10.2. The maximum absolute atomic E-state index is 8.63. The van der Waals surface area contributed by atoms with Crippen LogP contribution in [-0.4, -0.2) is 36.1 Å². The van der Waals surface area contributed by atoms with Gasteiger partial charge < -0.3 is 5.32 Å². The van der Waals surface area contributed by atoms with Gasteiger partial charge in [0.05, 0.1) is 12.6 Å². The van der Waals surface area contributed by atoms with Crippen molar-refractivity contribution in [3.63, 3.8) is 0 Å². The lowest BCUT2D eigenvalue weighted by Gasteiger charge is -2.13. The standard InChI is InChI=1S/C13H18N4/c1-11-3-2-4-13(16-11)15-9-12-5-7-17(10-12)8-6-14/h2-4,12H,5,7-10H2,1H3,(H,15,16)/t12-/m0/s1. The van der Waals surface area contributed by atoms with Gasteiger partial charge in [-0.15, -0.1) is 0 Å². The van der Waals surface area contributed by atoms with E-state index in [-0.39, 0.29) is 0 Å². The van der Waals surface area contributed by atoms with Crippen LogP contribution in [0.15, 0.2) is 18.2 Å². The molecule has 17 heavy (non-hydrogen) atoms. The molecule has 0 saturated carbocycles. The largest absolute Gasteiger partial charge is 0.370 e. The highest BCUT2D eigenvalue weighted by atomic mass is 15.1. The van der Waals surface area contributed by atoms with Crippen molar-refractivity contribution in [2.75, 3.05) is 31.5 Å². The van der Waals surface area contributed by atoms with E-state index in [1.807, 2.05) is 25.1 Å². The van der Waals surface area contributed by atoms with Crippen LogP contribution in [0.5, 0.6) is 0 Å². The molecule has 1 aliphatic heterocycles. The SMILES string of the molecule is Cc1cccc(NC[C@@H]2CCN(CC#N)C2)n1. The van der Waals surface area contributed by atoms with Crippen molar-refractivity contribution in [2.45, 2.75) is 13.3 Å². The van der Waals surface area contributed by atoms with Gasteiger partial charge in [-0.2, -0.15) is 5.26 Å². The van der Waals surface area contributed by atoms with E-state index in [1.54, 1.807) is 0 Å². The molecular weight excluding hydrogens is 212 g/mol. The van der Waals surface area contributed by atoms with Crippen molar-refractivity contribution < 1.29 is 0 Å². The molecule has 1 saturated heterocycles. The molecule has 0 spiro atoms. The Morgan fingerprint density at radius 2 is 2.47 bits per heavy atom. The molecule has 0 aliphatic carbocycles. The number of hydrogen-bond donors (Lipinski definition) is 1. The highest BCUT2D eigenvalue weighted by molar-refractivity contribution is 5.35. The van der Waals surface area contributed by atoms with Crippen LogP contribution < -0.4 is 5.32 Å². The van der Waals surface area contributed by atoms with Crippen LogP contribution >= 0.6 is 0 Å². The fraction of sp³-hybridized carbons (Fsp3) is 0.538. The molecule has 0 radical (unpaired) electrons. The molecule has 0 unspecified atom stereocenters. The van der Waals surface area contributed by atoms with Gasteiger partial charge in [0.2, 0.25) is 0 Å². The van der Waals surface area contributed by atoms with Gasteiger partial charge in [-0.1, -0.05) is 6.07 Å². The lowest BCUT2D eigenvalue weighted by Crippen LogP contribution is -2.23. The third-order valence-electron chi connectivity index (χ3n) is 3.12. The molecule has 4 heteroatoms. The normalized spacial score (nSPS) is 20.1. The van der Waals surface area contributed by atoms with Crippen molar-refractivity contribution in [1.82, 2.24) is 9.88 Å². The first-order valence-corrected chi connectivity index (χ1v) is 6.05. The van der Waals surface area contributed by atoms with Crippen LogP contribution in [0.2, 0.25) is 0 Å². The minimum atomic E-state index is 0.555. The van der Waals surface area contributed by atoms with E-state index in [0.717, 1.165) is 31.1 Å². The molecule has 1 aromatic rings. The number of rotatable bonds is 4. The maximum Gasteiger partial charge on any atom is 0.126 e. The number of pyridine rings is 1. The van der Waals surface area contributed by atoms with Crippen molar-refractivity contribution in [3.8, 4) is 6.07 Å². The number of aromatic nitrogens is 1. The number of nitrogens with one attached hydrogen (secondary N) is 1. The van der Waals surface area contributed by atoms with E-state index in [9.17, 15) is 0 Å². The molecule has 2 heterocycles. The predicted molar refractivity (Wildman–Crippen MR) is 67.6 cm³/mol. The molecule has 0 aromatic carbocycles. The molecule has 0 amide bonds. The van der Waals surface area contributed by atoms with Crippen LogP contribution in [0.3, 0.4) is 0 Å². The van der Waals surface area contributed by atoms with Gasteiger partial charge in [0.1, 0.15) is 5.82 Å². The first kappa shape index (κ1) is 11.9. The van der Waals surface area contributed by atoms with Crippen LogP contribution in [-0.2, 0) is 0 Å². The quantitative estimate of drug-likeness (QED) is 0.799. The Kier molecular flexibility index (Phi) is 3.94. The molecule has 4 nitrogen and oxygen atoms in total. The lowest BCUT2D eigenvalue weighted by molar-refractivity contribution is 0.365. The Balaban J connectivity index is 1.78. The van der Waals surface area contributed by atoms with E-state index in [4.69, 9.17) is 5.26 Å². The molecule has 1 N–H and O–H groups in total. The molecule has 1 atom stereocenters. The Labute approximate surface area is 102 Å². The smallest absolute Gasteiger partial charge is 0.126 e. The van der Waals surface area contributed by atoms with Crippen molar-refractivity contribution in [2.24, 2.45) is 5.92 Å². The number of nitriles is 1. The van der Waals surface area contributed by atoms with Crippen molar-refractivity contribution in [1.29, 1.82) is 5.26 Å². The topological polar surface area (TPSA) is 52.0 Å². The van der Waals surface area contributed by atoms with E-state index in [0.29, 0.717) is 12.5 Å². The Morgan fingerprint density at radius 3 is 3.24 bits per heavy atom. The molecule has 1 fully saturated rings. The minimum Gasteiger partial charge on any atom is -0.370 e. The van der Waals surface area contributed by atoms with Gasteiger partial charge in [-0.05, 0) is 37.9 Å². The third kappa shape index (κ3) is 3.43. The summed E-state index contributed by atoms with van der Waals surface area (Å²) < 4.78 is 0. The van der Waals surface area contributed by atoms with E-state index in [1.165, 1.54) is 6.42 Å². The number of nitrogens with zero attached hydrogens (tertiary/aromatic N) is 3. The molecule has 0 bridgehead atoms. The Hall–Kier alpha value is -1.60. The first-order chi connectivity index (χ1) is 8.28. The Morgan fingerprint density at radius 1 is 1.59 bits per heavy atom. The second-order valence-electron chi connectivity index (χ2n) is 4.59. The summed E-state index contributed by atoms with van der Waals surface area (Å²) in [6, 6.07) is 8.21. The number of likely N-dealkylation sites (tertiary alicyclic amines) is 1. The summed E-state index contributed by atoms with van der Waals surface area (Å²) in [6.45, 7) is 5.56. The average molecular weight is 230 g/mol. The lowest BCUT2D eigenvalue weighted by atomic mass is 10.1. The van der Waals surface area contributed by atoms with Crippen molar-refractivity contribution >= 4 is 5.82 Å². The van der Waals surface area contributed by atoms with Crippen LogP contribution in [0, 0.1) is 24.2 Å². The van der Waals surface area contributed by atoms with E-state index >= 15 is 0 Å². The average Bonchev–Trinajstić information content (AvgIpc) is 2.75. The number of hydrogen-bond acceptors (Lipinski definition) is 4. The molecule has 1 aliphatic rings. The van der Waals surface area contributed by atoms with Crippen molar-refractivity contribution in [3.05, 3.63) is 23.9 Å². The predicted octanol–water partition coefficient (Wildman–Crippen LogP) is 1.65. The molecule has 2 rings (SSSR count). The van der Waals surface area contributed by atoms with Gasteiger partial charge in [-0.25, -0.2) is 4.98 Å². The van der Waals surface area contributed by atoms with Gasteiger partial charge >= 0.3 is 0 Å². The summed E-state index contributed by atoms with van der Waals surface area (Å²) >= 11 is 0. The Bertz CT molecular complexity index is 410. The van der Waals surface area contributed by atoms with Crippen LogP contribution in [0.1, 0.15) is 12.1 Å². The molecular formula is C13H18N4. The summed E-state index contributed by atoms with van der Waals surface area (Å²) in [5, 5.41) is 12.0. The highest BCUT2D eigenvalue weighted by Gasteiger charge is 2.21. The van der Waals surface area contributed by atoms with Crippen LogP contribution in [0.4, 0.5) is 5.82 Å². The summed E-state index contributed by atoms with van der Waals surface area (Å²) in [7, 11) is 0. The summed E-state index contributed by atoms with van der Waals surface area (Å²) in [5.41, 5.74) is 1.03. The maximum atomic E-state index is 8.63. The monoisotopic (exact) mass is 230 g/mol. The van der Waals surface area contributed by atoms with Gasteiger partial charge in [0, 0.05) is 18.8 Å². The van der Waals surface area contributed by atoms with Gasteiger partial charge in [-0.3, -0.25) is 4.90 Å². The van der Waals surface area contributed by atoms with Gasteiger partial charge in [0.25, 0.3) is 0 Å². The third-order valence-corrected chi connectivity index (χ3v) is 3.12. The fourth-order valence-corrected chi connectivity index (χ4v) is 2.21. The zero-order chi connectivity index (χ0) is 12.1. The van der Waals surface area contributed by atoms with Gasteiger partial charge in [0.15, 0.2) is 0 Å².